The van der Waals surface area contributed by atoms with E-state index in [2.05, 4.69) is 4.74 Å². The lowest BCUT2D eigenvalue weighted by Gasteiger charge is -2.24. The summed E-state index contributed by atoms with van der Waals surface area (Å²) in [4.78, 5) is 13.0. The first-order valence-electron chi connectivity index (χ1n) is 4.66. The number of esters is 1. The first-order valence-corrected chi connectivity index (χ1v) is 4.66. The number of methoxy groups -OCH3 is 1. The third-order valence-electron chi connectivity index (χ3n) is 2.36. The molecular weight excluding hydrogens is 194 g/mol. The largest absolute Gasteiger partial charge is 0.508 e. The number of carbonyl (C=O) groups excluding carboxylic acids is 1. The molecule has 1 N–H and O–H groups in total. The summed E-state index contributed by atoms with van der Waals surface area (Å²) in [6.45, 7) is 1.75. The fourth-order valence-electron chi connectivity index (χ4n) is 1.26. The summed E-state index contributed by atoms with van der Waals surface area (Å²) in [5, 5.41) is 9.30. The second-order valence-electron chi connectivity index (χ2n) is 3.33. The number of nitrogens with zero attached hydrogens (tertiary/aromatic N) is 1. The van der Waals surface area contributed by atoms with E-state index < -0.39 is 0 Å². The number of anilines is 1. The van der Waals surface area contributed by atoms with Crippen molar-refractivity contribution in [1.29, 1.82) is 0 Å². The summed E-state index contributed by atoms with van der Waals surface area (Å²) in [5.41, 5.74) is 0.771. The van der Waals surface area contributed by atoms with Crippen LogP contribution in [0.25, 0.3) is 0 Å². The molecule has 0 saturated heterocycles. The molecule has 0 aliphatic rings. The highest BCUT2D eigenvalue weighted by molar-refractivity contribution is 5.79. The molecule has 0 aromatic heterocycles. The van der Waals surface area contributed by atoms with Crippen molar-refractivity contribution in [3.63, 3.8) is 0 Å². The third kappa shape index (κ3) is 2.62. The highest BCUT2D eigenvalue weighted by Gasteiger charge is 2.18. The smallest absolute Gasteiger partial charge is 0.328 e. The van der Waals surface area contributed by atoms with Crippen molar-refractivity contribution in [3.05, 3.63) is 24.3 Å². The van der Waals surface area contributed by atoms with Crippen LogP contribution in [0.5, 0.6) is 5.75 Å². The molecule has 0 bridgehead atoms. The second kappa shape index (κ2) is 4.68. The van der Waals surface area contributed by atoms with E-state index in [0.717, 1.165) is 5.69 Å². The van der Waals surface area contributed by atoms with Gasteiger partial charge in [0.05, 0.1) is 7.11 Å². The molecule has 0 spiro atoms. The van der Waals surface area contributed by atoms with Crippen molar-refractivity contribution in [1.82, 2.24) is 0 Å². The van der Waals surface area contributed by atoms with Crippen LogP contribution in [0.3, 0.4) is 0 Å². The van der Waals surface area contributed by atoms with Crippen molar-refractivity contribution in [2.45, 2.75) is 13.0 Å². The summed E-state index contributed by atoms with van der Waals surface area (Å²) >= 11 is 0. The summed E-state index contributed by atoms with van der Waals surface area (Å²) in [6, 6.07) is 6.35. The van der Waals surface area contributed by atoms with E-state index in [4.69, 9.17) is 0 Å². The molecule has 4 nitrogen and oxygen atoms in total. The molecular formula is C11H15NO3. The van der Waals surface area contributed by atoms with Crippen LogP contribution < -0.4 is 4.90 Å². The molecule has 0 radical (unpaired) electrons. The van der Waals surface area contributed by atoms with E-state index >= 15 is 0 Å². The minimum atomic E-state index is -0.378. The van der Waals surface area contributed by atoms with E-state index in [9.17, 15) is 9.90 Å². The van der Waals surface area contributed by atoms with Gasteiger partial charge in [-0.3, -0.25) is 0 Å². The van der Waals surface area contributed by atoms with Crippen molar-refractivity contribution < 1.29 is 14.6 Å². The second-order valence-corrected chi connectivity index (χ2v) is 3.33. The van der Waals surface area contributed by atoms with Gasteiger partial charge in [0, 0.05) is 18.8 Å². The van der Waals surface area contributed by atoms with Crippen molar-refractivity contribution in [2.24, 2.45) is 0 Å². The van der Waals surface area contributed by atoms with E-state index in [1.807, 2.05) is 6.07 Å². The number of phenolic OH excluding ortho intramolecular Hbond substituents is 1. The zero-order chi connectivity index (χ0) is 11.4. The molecule has 15 heavy (non-hydrogen) atoms. The number of aromatic hydroxyl groups is 1. The van der Waals surface area contributed by atoms with Crippen molar-refractivity contribution in [2.75, 3.05) is 19.1 Å². The highest BCUT2D eigenvalue weighted by Crippen LogP contribution is 2.20. The fourth-order valence-corrected chi connectivity index (χ4v) is 1.26. The molecule has 1 aromatic carbocycles. The number of hydrogen-bond acceptors (Lipinski definition) is 4. The van der Waals surface area contributed by atoms with Gasteiger partial charge < -0.3 is 14.7 Å². The number of benzene rings is 1. The van der Waals surface area contributed by atoms with Gasteiger partial charge in [0.2, 0.25) is 0 Å². The first kappa shape index (κ1) is 11.4. The predicted molar refractivity (Wildman–Crippen MR) is 58.0 cm³/mol. The molecule has 0 aliphatic carbocycles. The van der Waals surface area contributed by atoms with E-state index in [1.165, 1.54) is 7.11 Å². The maximum absolute atomic E-state index is 11.3. The molecule has 82 valence electrons. The van der Waals surface area contributed by atoms with Crippen LogP contribution in [0.2, 0.25) is 0 Å². The maximum Gasteiger partial charge on any atom is 0.328 e. The highest BCUT2D eigenvalue weighted by atomic mass is 16.5. The molecule has 1 rings (SSSR count). The Morgan fingerprint density at radius 1 is 1.53 bits per heavy atom. The van der Waals surface area contributed by atoms with Gasteiger partial charge in [-0.25, -0.2) is 4.79 Å². The van der Waals surface area contributed by atoms with Gasteiger partial charge in [0.1, 0.15) is 11.8 Å². The predicted octanol–water partition coefficient (Wildman–Crippen LogP) is 1.39. The number of ether oxygens (including phenoxy) is 1. The average molecular weight is 209 g/mol. The normalized spacial score (nSPS) is 11.9. The summed E-state index contributed by atoms with van der Waals surface area (Å²) in [7, 11) is 3.13. The number of likely N-dealkylation sites (N-methyl/N-ethyl adjacent to an activating group) is 1. The minimum Gasteiger partial charge on any atom is -0.508 e. The minimum absolute atomic E-state index is 0.177. The van der Waals surface area contributed by atoms with E-state index in [1.54, 1.807) is 37.1 Å². The molecule has 0 saturated carbocycles. The van der Waals surface area contributed by atoms with Gasteiger partial charge in [-0.05, 0) is 19.1 Å². The maximum atomic E-state index is 11.3. The van der Waals surface area contributed by atoms with Crippen LogP contribution in [-0.4, -0.2) is 31.3 Å². The molecule has 1 atom stereocenters. The molecule has 0 aliphatic heterocycles. The lowest BCUT2D eigenvalue weighted by atomic mass is 10.2. The summed E-state index contributed by atoms with van der Waals surface area (Å²) < 4.78 is 4.64. The number of phenols is 1. The van der Waals surface area contributed by atoms with E-state index in [-0.39, 0.29) is 17.8 Å². The topological polar surface area (TPSA) is 49.8 Å². The Labute approximate surface area is 89.1 Å². The summed E-state index contributed by atoms with van der Waals surface area (Å²) in [5.74, 6) is -0.128. The average Bonchev–Trinajstić information content (AvgIpc) is 2.26. The van der Waals surface area contributed by atoms with Crippen LogP contribution in [0.15, 0.2) is 24.3 Å². The standard InChI is InChI=1S/C11H15NO3/c1-8(11(14)15-3)12(2)9-5-4-6-10(13)7-9/h4-8,13H,1-3H3. The van der Waals surface area contributed by atoms with Crippen molar-refractivity contribution in [3.8, 4) is 5.75 Å². The zero-order valence-corrected chi connectivity index (χ0v) is 9.10. The Morgan fingerprint density at radius 3 is 2.73 bits per heavy atom. The molecule has 0 amide bonds. The van der Waals surface area contributed by atoms with Gasteiger partial charge >= 0.3 is 5.97 Å². The van der Waals surface area contributed by atoms with Gasteiger partial charge in [-0.15, -0.1) is 0 Å². The third-order valence-corrected chi connectivity index (χ3v) is 2.36. The molecule has 0 heterocycles. The number of carbonyl (C=O) groups is 1. The van der Waals surface area contributed by atoms with Gasteiger partial charge in [-0.1, -0.05) is 6.07 Å². The van der Waals surface area contributed by atoms with E-state index in [0.29, 0.717) is 0 Å². The summed E-state index contributed by atoms with van der Waals surface area (Å²) in [6.07, 6.45) is 0. The van der Waals surface area contributed by atoms with Crippen LogP contribution in [0, 0.1) is 0 Å². The monoisotopic (exact) mass is 209 g/mol. The molecule has 0 fully saturated rings. The Hall–Kier alpha value is -1.71. The molecule has 4 heteroatoms. The Bertz CT molecular complexity index is 351. The molecule has 1 aromatic rings. The fraction of sp³-hybridized carbons (Fsp3) is 0.364. The van der Waals surface area contributed by atoms with Gasteiger partial charge in [0.15, 0.2) is 0 Å². The lowest BCUT2D eigenvalue weighted by Crippen LogP contribution is -2.36. The van der Waals surface area contributed by atoms with Gasteiger partial charge in [0.25, 0.3) is 0 Å². The van der Waals surface area contributed by atoms with Gasteiger partial charge in [-0.2, -0.15) is 0 Å². The quantitative estimate of drug-likeness (QED) is 0.764. The zero-order valence-electron chi connectivity index (χ0n) is 9.10. The number of rotatable bonds is 3. The Morgan fingerprint density at radius 2 is 2.20 bits per heavy atom. The first-order chi connectivity index (χ1) is 7.06. The Kier molecular flexibility index (Phi) is 3.55. The lowest BCUT2D eigenvalue weighted by molar-refractivity contribution is -0.141. The number of hydrogen-bond donors (Lipinski definition) is 1. The van der Waals surface area contributed by atoms with Crippen LogP contribution in [0.4, 0.5) is 5.69 Å². The van der Waals surface area contributed by atoms with Crippen LogP contribution in [0.1, 0.15) is 6.92 Å². The van der Waals surface area contributed by atoms with Crippen LogP contribution in [-0.2, 0) is 9.53 Å². The van der Waals surface area contributed by atoms with Crippen molar-refractivity contribution >= 4 is 11.7 Å². The van der Waals surface area contributed by atoms with Crippen LogP contribution >= 0.6 is 0 Å². The Balaban J connectivity index is 2.84. The SMILES string of the molecule is COC(=O)C(C)N(C)c1cccc(O)c1. The molecule has 1 unspecified atom stereocenters.